The minimum Gasteiger partial charge on any atom is -0.493 e. The molecule has 0 heterocycles. The van der Waals surface area contributed by atoms with Crippen LogP contribution in [0.3, 0.4) is 0 Å². The van der Waals surface area contributed by atoms with Crippen LogP contribution in [-0.2, 0) is 19.6 Å². The van der Waals surface area contributed by atoms with E-state index >= 15 is 0 Å². The summed E-state index contributed by atoms with van der Waals surface area (Å²) in [7, 11) is -2.55. The van der Waals surface area contributed by atoms with Crippen molar-refractivity contribution in [1.29, 1.82) is 0 Å². The standard InChI is InChI=1S/C16H16FNO5S/c1-22-16(19)9-10-23-14-5-7-15(8-6-14)24(20,21)18-13-4-2-3-12(17)11-13/h2-8,11,18H,9-10H2,1H3. The lowest BCUT2D eigenvalue weighted by Gasteiger charge is -2.09. The van der Waals surface area contributed by atoms with E-state index in [9.17, 15) is 17.6 Å². The molecule has 0 saturated carbocycles. The highest BCUT2D eigenvalue weighted by molar-refractivity contribution is 7.92. The van der Waals surface area contributed by atoms with Crippen LogP contribution in [0.2, 0.25) is 0 Å². The van der Waals surface area contributed by atoms with Crippen molar-refractivity contribution in [1.82, 2.24) is 0 Å². The normalized spacial score (nSPS) is 10.9. The summed E-state index contributed by atoms with van der Waals surface area (Å²) >= 11 is 0. The zero-order chi connectivity index (χ0) is 17.6. The molecule has 0 amide bonds. The Labute approximate surface area is 139 Å². The number of ether oxygens (including phenoxy) is 2. The Morgan fingerprint density at radius 3 is 2.50 bits per heavy atom. The van der Waals surface area contributed by atoms with Gasteiger partial charge in [0.2, 0.25) is 0 Å². The molecule has 2 aromatic carbocycles. The Kier molecular flexibility index (Phi) is 5.75. The van der Waals surface area contributed by atoms with Crippen LogP contribution in [0.1, 0.15) is 6.42 Å². The third-order valence-corrected chi connectivity index (χ3v) is 4.41. The molecule has 0 spiro atoms. The first kappa shape index (κ1) is 17.7. The molecule has 8 heteroatoms. The molecule has 2 rings (SSSR count). The number of carbonyl (C=O) groups excluding carboxylic acids is 1. The summed E-state index contributed by atoms with van der Waals surface area (Å²) in [6, 6.07) is 10.8. The monoisotopic (exact) mass is 353 g/mol. The second-order valence-electron chi connectivity index (χ2n) is 4.76. The van der Waals surface area contributed by atoms with Gasteiger partial charge in [0.05, 0.1) is 30.7 Å². The Balaban J connectivity index is 2.02. The SMILES string of the molecule is COC(=O)CCOc1ccc(S(=O)(=O)Nc2cccc(F)c2)cc1. The smallest absolute Gasteiger partial charge is 0.308 e. The van der Waals surface area contributed by atoms with E-state index in [1.165, 1.54) is 49.6 Å². The molecule has 6 nitrogen and oxygen atoms in total. The van der Waals surface area contributed by atoms with Crippen LogP contribution < -0.4 is 9.46 Å². The van der Waals surface area contributed by atoms with Crippen molar-refractivity contribution in [2.45, 2.75) is 11.3 Å². The molecule has 0 saturated heterocycles. The van der Waals surface area contributed by atoms with Gasteiger partial charge >= 0.3 is 5.97 Å². The van der Waals surface area contributed by atoms with Crippen molar-refractivity contribution in [3.63, 3.8) is 0 Å². The highest BCUT2D eigenvalue weighted by Crippen LogP contribution is 2.20. The molecule has 0 aliphatic rings. The lowest BCUT2D eigenvalue weighted by atomic mass is 10.3. The van der Waals surface area contributed by atoms with E-state index in [0.29, 0.717) is 5.75 Å². The molecular formula is C16H16FNO5S. The average molecular weight is 353 g/mol. The zero-order valence-corrected chi connectivity index (χ0v) is 13.7. The van der Waals surface area contributed by atoms with Crippen LogP contribution in [0.4, 0.5) is 10.1 Å². The summed E-state index contributed by atoms with van der Waals surface area (Å²) in [5.74, 6) is -0.512. The summed E-state index contributed by atoms with van der Waals surface area (Å²) < 4.78 is 49.7. The number of halogens is 1. The van der Waals surface area contributed by atoms with E-state index in [-0.39, 0.29) is 23.6 Å². The maximum atomic E-state index is 13.1. The number of esters is 1. The van der Waals surface area contributed by atoms with Crippen molar-refractivity contribution in [2.75, 3.05) is 18.4 Å². The van der Waals surface area contributed by atoms with Crippen molar-refractivity contribution >= 4 is 21.7 Å². The Bertz CT molecular complexity index is 805. The molecule has 128 valence electrons. The molecule has 0 fully saturated rings. The molecular weight excluding hydrogens is 337 g/mol. The van der Waals surface area contributed by atoms with Crippen LogP contribution in [0.5, 0.6) is 5.75 Å². The molecule has 2 aromatic rings. The van der Waals surface area contributed by atoms with Crippen LogP contribution >= 0.6 is 0 Å². The summed E-state index contributed by atoms with van der Waals surface area (Å²) in [6.45, 7) is 0.125. The van der Waals surface area contributed by atoms with Crippen LogP contribution in [0.15, 0.2) is 53.4 Å². The minimum atomic E-state index is -3.83. The molecule has 0 aliphatic heterocycles. The van der Waals surface area contributed by atoms with Gasteiger partial charge in [0.25, 0.3) is 10.0 Å². The third-order valence-electron chi connectivity index (χ3n) is 3.01. The zero-order valence-electron chi connectivity index (χ0n) is 12.9. The molecule has 1 N–H and O–H groups in total. The number of anilines is 1. The van der Waals surface area contributed by atoms with Gasteiger partial charge in [0.15, 0.2) is 0 Å². The van der Waals surface area contributed by atoms with Gasteiger partial charge in [-0.25, -0.2) is 12.8 Å². The lowest BCUT2D eigenvalue weighted by Crippen LogP contribution is -2.13. The van der Waals surface area contributed by atoms with Crippen LogP contribution in [0, 0.1) is 5.82 Å². The summed E-state index contributed by atoms with van der Waals surface area (Å²) in [6.07, 6.45) is 0.0949. The minimum absolute atomic E-state index is 0.00655. The van der Waals surface area contributed by atoms with E-state index in [1.54, 1.807) is 0 Å². The first-order chi connectivity index (χ1) is 11.4. The number of carbonyl (C=O) groups is 1. The van der Waals surface area contributed by atoms with Crippen LogP contribution in [0.25, 0.3) is 0 Å². The van der Waals surface area contributed by atoms with Crippen molar-refractivity contribution in [2.24, 2.45) is 0 Å². The molecule has 0 aliphatic carbocycles. The Hall–Kier alpha value is -2.61. The number of benzene rings is 2. The molecule has 0 bridgehead atoms. The van der Waals surface area contributed by atoms with Gasteiger partial charge in [0, 0.05) is 0 Å². The Morgan fingerprint density at radius 2 is 1.88 bits per heavy atom. The first-order valence-electron chi connectivity index (χ1n) is 6.99. The largest absolute Gasteiger partial charge is 0.493 e. The van der Waals surface area contributed by atoms with Crippen LogP contribution in [-0.4, -0.2) is 28.1 Å². The number of sulfonamides is 1. The number of hydrogen-bond donors (Lipinski definition) is 1. The van der Waals surface area contributed by atoms with Gasteiger partial charge in [-0.3, -0.25) is 9.52 Å². The fourth-order valence-corrected chi connectivity index (χ4v) is 2.88. The van der Waals surface area contributed by atoms with Crippen molar-refractivity contribution < 1.29 is 27.1 Å². The van der Waals surface area contributed by atoms with Gasteiger partial charge in [-0.05, 0) is 42.5 Å². The number of rotatable bonds is 7. The average Bonchev–Trinajstić information content (AvgIpc) is 2.54. The summed E-state index contributed by atoms with van der Waals surface area (Å²) in [5.41, 5.74) is 0.133. The Morgan fingerprint density at radius 1 is 1.17 bits per heavy atom. The van der Waals surface area contributed by atoms with Gasteiger partial charge in [-0.15, -0.1) is 0 Å². The van der Waals surface area contributed by atoms with E-state index in [2.05, 4.69) is 9.46 Å². The van der Waals surface area contributed by atoms with Gasteiger partial charge in [-0.2, -0.15) is 0 Å². The second-order valence-corrected chi connectivity index (χ2v) is 6.44. The summed E-state index contributed by atoms with van der Waals surface area (Å²) in [4.78, 5) is 11.0. The third kappa shape index (κ3) is 4.95. The lowest BCUT2D eigenvalue weighted by molar-refractivity contribution is -0.141. The molecule has 0 atom stereocenters. The van der Waals surface area contributed by atoms with Gasteiger partial charge in [0.1, 0.15) is 11.6 Å². The molecule has 0 radical (unpaired) electrons. The number of methoxy groups -OCH3 is 1. The molecule has 0 unspecified atom stereocenters. The second kappa shape index (κ2) is 7.78. The van der Waals surface area contributed by atoms with E-state index in [1.807, 2.05) is 0 Å². The van der Waals surface area contributed by atoms with Crippen molar-refractivity contribution in [3.05, 3.63) is 54.3 Å². The maximum absolute atomic E-state index is 13.1. The fourth-order valence-electron chi connectivity index (χ4n) is 1.84. The van der Waals surface area contributed by atoms with E-state index in [0.717, 1.165) is 6.07 Å². The fraction of sp³-hybridized carbons (Fsp3) is 0.188. The van der Waals surface area contributed by atoms with Gasteiger partial charge < -0.3 is 9.47 Å². The van der Waals surface area contributed by atoms with E-state index in [4.69, 9.17) is 4.74 Å². The van der Waals surface area contributed by atoms with Crippen molar-refractivity contribution in [3.8, 4) is 5.75 Å². The van der Waals surface area contributed by atoms with E-state index < -0.39 is 21.8 Å². The topological polar surface area (TPSA) is 81.7 Å². The molecule has 24 heavy (non-hydrogen) atoms. The van der Waals surface area contributed by atoms with Gasteiger partial charge in [-0.1, -0.05) is 6.07 Å². The maximum Gasteiger partial charge on any atom is 0.308 e. The summed E-state index contributed by atoms with van der Waals surface area (Å²) in [5, 5.41) is 0. The highest BCUT2D eigenvalue weighted by atomic mass is 32.2. The number of nitrogens with one attached hydrogen (secondary N) is 1. The molecule has 0 aromatic heterocycles. The first-order valence-corrected chi connectivity index (χ1v) is 8.47. The number of hydrogen-bond acceptors (Lipinski definition) is 5. The predicted molar refractivity (Wildman–Crippen MR) is 85.8 cm³/mol. The predicted octanol–water partition coefficient (Wildman–Crippen LogP) is 2.57. The quantitative estimate of drug-likeness (QED) is 0.774. The highest BCUT2D eigenvalue weighted by Gasteiger charge is 2.14.